The maximum Gasteiger partial charge on any atom is 0.269 e. The highest BCUT2D eigenvalue weighted by atomic mass is 32.2. The fourth-order valence-corrected chi connectivity index (χ4v) is 3.78. The molecule has 0 N–H and O–H groups in total. The van der Waals surface area contributed by atoms with Gasteiger partial charge in [0.1, 0.15) is 0 Å². The molecule has 0 amide bonds. The van der Waals surface area contributed by atoms with Crippen LogP contribution in [0.25, 0.3) is 0 Å². The molecule has 0 saturated carbocycles. The van der Waals surface area contributed by atoms with E-state index in [1.54, 1.807) is 23.9 Å². The Morgan fingerprint density at radius 1 is 1.31 bits per heavy atom. The number of hydrogen-bond donors (Lipinski definition) is 0. The molecule has 0 radical (unpaired) electrons. The molecule has 0 aliphatic carbocycles. The van der Waals surface area contributed by atoms with E-state index in [9.17, 15) is 10.1 Å². The smallest absolute Gasteiger partial charge is 0.269 e. The number of hydrogen-bond acceptors (Lipinski definition) is 6. The van der Waals surface area contributed by atoms with Crippen molar-refractivity contribution in [3.8, 4) is 0 Å². The highest BCUT2D eigenvalue weighted by Gasteiger charge is 2.21. The van der Waals surface area contributed by atoms with E-state index in [2.05, 4.69) is 47.6 Å². The summed E-state index contributed by atoms with van der Waals surface area (Å²) >= 11 is 1.58. The van der Waals surface area contributed by atoms with Crippen LogP contribution in [-0.4, -0.2) is 38.7 Å². The molecule has 8 heteroatoms. The van der Waals surface area contributed by atoms with Gasteiger partial charge in [-0.2, -0.15) is 0 Å². The first kappa shape index (κ1) is 20.4. The molecular weight excluding hydrogens is 350 g/mol. The summed E-state index contributed by atoms with van der Waals surface area (Å²) in [5, 5.41) is 20.7. The van der Waals surface area contributed by atoms with Gasteiger partial charge in [-0.1, -0.05) is 44.2 Å². The Kier molecular flexibility index (Phi) is 7.59. The topological polar surface area (TPSA) is 77.1 Å². The fourth-order valence-electron chi connectivity index (χ4n) is 2.87. The minimum atomic E-state index is -0.362. The van der Waals surface area contributed by atoms with Crippen molar-refractivity contribution in [2.75, 3.05) is 14.1 Å². The molecule has 1 heterocycles. The van der Waals surface area contributed by atoms with E-state index in [0.717, 1.165) is 42.4 Å². The quantitative estimate of drug-likeness (QED) is 0.349. The molecule has 1 aromatic carbocycles. The summed E-state index contributed by atoms with van der Waals surface area (Å²) in [7, 11) is 4.12. The van der Waals surface area contributed by atoms with Crippen LogP contribution in [0.15, 0.2) is 29.4 Å². The molecule has 0 aliphatic rings. The summed E-state index contributed by atoms with van der Waals surface area (Å²) in [5.74, 6) is 1.62. The number of aromatic nitrogens is 3. The molecule has 0 fully saturated rings. The lowest BCUT2D eigenvalue weighted by atomic mass is 10.2. The van der Waals surface area contributed by atoms with E-state index in [4.69, 9.17) is 0 Å². The van der Waals surface area contributed by atoms with Crippen LogP contribution in [0, 0.1) is 10.1 Å². The number of benzene rings is 1. The highest BCUT2D eigenvalue weighted by Crippen LogP contribution is 2.28. The molecule has 0 bridgehead atoms. The number of nitro groups is 1. The van der Waals surface area contributed by atoms with Gasteiger partial charge in [0.2, 0.25) is 0 Å². The van der Waals surface area contributed by atoms with Gasteiger partial charge in [-0.25, -0.2) is 0 Å². The summed E-state index contributed by atoms with van der Waals surface area (Å²) in [6, 6.07) is 6.99. The van der Waals surface area contributed by atoms with Crippen molar-refractivity contribution in [2.24, 2.45) is 0 Å². The molecule has 7 nitrogen and oxygen atoms in total. The zero-order valence-corrected chi connectivity index (χ0v) is 16.7. The summed E-state index contributed by atoms with van der Waals surface area (Å²) in [4.78, 5) is 12.7. The van der Waals surface area contributed by atoms with Gasteiger partial charge in [-0.05, 0) is 32.5 Å². The van der Waals surface area contributed by atoms with Crippen molar-refractivity contribution in [1.82, 2.24) is 19.7 Å². The second kappa shape index (κ2) is 9.68. The molecule has 2 rings (SSSR count). The molecule has 1 unspecified atom stereocenters. The molecule has 142 valence electrons. The van der Waals surface area contributed by atoms with Crippen LogP contribution in [0.5, 0.6) is 0 Å². The van der Waals surface area contributed by atoms with Gasteiger partial charge in [0.25, 0.3) is 5.69 Å². The predicted molar refractivity (Wildman–Crippen MR) is 104 cm³/mol. The lowest BCUT2D eigenvalue weighted by Gasteiger charge is -2.23. The van der Waals surface area contributed by atoms with Gasteiger partial charge in [0.05, 0.1) is 11.0 Å². The van der Waals surface area contributed by atoms with Crippen molar-refractivity contribution in [3.63, 3.8) is 0 Å². The zero-order valence-electron chi connectivity index (χ0n) is 15.9. The highest BCUT2D eigenvalue weighted by molar-refractivity contribution is 7.98. The number of unbranched alkanes of at least 4 members (excludes halogenated alkanes) is 1. The summed E-state index contributed by atoms with van der Waals surface area (Å²) < 4.78 is 2.21. The van der Waals surface area contributed by atoms with Crippen LogP contribution in [0.1, 0.15) is 50.5 Å². The minimum Gasteiger partial charge on any atom is -0.305 e. The Bertz CT molecular complexity index is 732. The Balaban J connectivity index is 2.21. The number of nitrogens with zero attached hydrogens (tertiary/aromatic N) is 5. The maximum absolute atomic E-state index is 10.9. The Morgan fingerprint density at radius 3 is 2.69 bits per heavy atom. The standard InChI is InChI=1S/C18H27N5O2S/c1-5-7-11-22-17(16(6-2)21(3)4)19-20-18(22)26-13-14-9-8-10-15(12-14)23(24)25/h8-10,12,16H,5-7,11,13H2,1-4H3. The van der Waals surface area contributed by atoms with Crippen molar-refractivity contribution in [2.45, 2.75) is 56.6 Å². The predicted octanol–water partition coefficient (Wildman–Crippen LogP) is 4.29. The third-order valence-electron chi connectivity index (χ3n) is 4.28. The monoisotopic (exact) mass is 377 g/mol. The number of thioether (sulfide) groups is 1. The van der Waals surface area contributed by atoms with Crippen molar-refractivity contribution in [1.29, 1.82) is 0 Å². The van der Waals surface area contributed by atoms with Crippen LogP contribution in [-0.2, 0) is 12.3 Å². The van der Waals surface area contributed by atoms with Gasteiger partial charge in [0.15, 0.2) is 11.0 Å². The second-order valence-electron chi connectivity index (χ2n) is 6.45. The summed E-state index contributed by atoms with van der Waals surface area (Å²) in [5.41, 5.74) is 1.03. The largest absolute Gasteiger partial charge is 0.305 e. The fraction of sp³-hybridized carbons (Fsp3) is 0.556. The number of nitro benzene ring substituents is 1. The summed E-state index contributed by atoms with van der Waals surface area (Å²) in [6.07, 6.45) is 3.14. The maximum atomic E-state index is 10.9. The van der Waals surface area contributed by atoms with Crippen molar-refractivity contribution >= 4 is 17.4 Å². The SMILES string of the molecule is CCCCn1c(SCc2cccc([N+](=O)[O-])c2)nnc1C(CC)N(C)C. The van der Waals surface area contributed by atoms with Gasteiger partial charge in [0, 0.05) is 24.4 Å². The average molecular weight is 378 g/mol. The van der Waals surface area contributed by atoms with Crippen LogP contribution < -0.4 is 0 Å². The van der Waals surface area contributed by atoms with Crippen LogP contribution in [0.4, 0.5) is 5.69 Å². The lowest BCUT2D eigenvalue weighted by Crippen LogP contribution is -2.23. The number of rotatable bonds is 10. The minimum absolute atomic E-state index is 0.120. The second-order valence-corrected chi connectivity index (χ2v) is 7.39. The van der Waals surface area contributed by atoms with Crippen molar-refractivity contribution in [3.05, 3.63) is 45.8 Å². The molecule has 0 saturated heterocycles. The van der Waals surface area contributed by atoms with E-state index < -0.39 is 0 Å². The molecule has 2 aromatic rings. The van der Waals surface area contributed by atoms with E-state index in [1.165, 1.54) is 6.07 Å². The zero-order chi connectivity index (χ0) is 19.1. The number of non-ortho nitro benzene ring substituents is 1. The first-order valence-electron chi connectivity index (χ1n) is 8.93. The molecular formula is C18H27N5O2S. The Hall–Kier alpha value is -1.93. The first-order chi connectivity index (χ1) is 12.5. The molecule has 0 spiro atoms. The van der Waals surface area contributed by atoms with E-state index >= 15 is 0 Å². The van der Waals surface area contributed by atoms with Crippen molar-refractivity contribution < 1.29 is 4.92 Å². The van der Waals surface area contributed by atoms with E-state index in [1.807, 2.05) is 6.07 Å². The van der Waals surface area contributed by atoms with Crippen LogP contribution in [0.2, 0.25) is 0 Å². The lowest BCUT2D eigenvalue weighted by molar-refractivity contribution is -0.384. The van der Waals surface area contributed by atoms with Gasteiger partial charge >= 0.3 is 0 Å². The molecule has 26 heavy (non-hydrogen) atoms. The van der Waals surface area contributed by atoms with E-state index in [0.29, 0.717) is 5.75 Å². The average Bonchev–Trinajstić information content (AvgIpc) is 3.01. The molecule has 1 atom stereocenters. The van der Waals surface area contributed by atoms with Gasteiger partial charge < -0.3 is 4.57 Å². The van der Waals surface area contributed by atoms with Gasteiger partial charge in [-0.15, -0.1) is 10.2 Å². The van der Waals surface area contributed by atoms with Gasteiger partial charge in [-0.3, -0.25) is 15.0 Å². The van der Waals surface area contributed by atoms with Crippen LogP contribution in [0.3, 0.4) is 0 Å². The van der Waals surface area contributed by atoms with Crippen LogP contribution >= 0.6 is 11.8 Å². The molecule has 1 aromatic heterocycles. The summed E-state index contributed by atoms with van der Waals surface area (Å²) in [6.45, 7) is 5.21. The van der Waals surface area contributed by atoms with E-state index in [-0.39, 0.29) is 16.7 Å². The normalized spacial score (nSPS) is 12.5. The molecule has 0 aliphatic heterocycles. The third-order valence-corrected chi connectivity index (χ3v) is 5.32. The Morgan fingerprint density at radius 2 is 2.08 bits per heavy atom. The Labute approximate surface area is 159 Å². The third kappa shape index (κ3) is 5.04. The first-order valence-corrected chi connectivity index (χ1v) is 9.92.